The number of nitrogens with zero attached hydrogens (tertiary/aromatic N) is 1. The molecule has 1 aromatic rings. The van der Waals surface area contributed by atoms with Gasteiger partial charge in [-0.1, -0.05) is 6.08 Å². The number of sulfonamides is 1. The Hall–Kier alpha value is -1.70. The van der Waals surface area contributed by atoms with Crippen LogP contribution in [0.2, 0.25) is 0 Å². The van der Waals surface area contributed by atoms with Crippen LogP contribution in [0.1, 0.15) is 10.4 Å². The van der Waals surface area contributed by atoms with Crippen molar-refractivity contribution in [2.45, 2.75) is 4.90 Å². The van der Waals surface area contributed by atoms with E-state index in [-0.39, 0.29) is 17.3 Å². The molecule has 0 atom stereocenters. The van der Waals surface area contributed by atoms with Crippen LogP contribution in [0.5, 0.6) is 0 Å². The van der Waals surface area contributed by atoms with Crippen LogP contribution >= 0.6 is 0 Å². The van der Waals surface area contributed by atoms with E-state index in [0.717, 1.165) is 6.54 Å². The van der Waals surface area contributed by atoms with E-state index < -0.39 is 10.0 Å². The standard InChI is InChI=1S/C14H21N3O3S/c1-4-9-16-21(19,20)13-7-5-12(6-8-13)14(18)15-10-11-17(2)3/h4-8,16H,1,9-11H2,2-3H3,(H,15,18). The average Bonchev–Trinajstić information content (AvgIpc) is 2.45. The van der Waals surface area contributed by atoms with Crippen LogP contribution in [-0.2, 0) is 10.0 Å². The molecular formula is C14H21N3O3S. The van der Waals surface area contributed by atoms with Gasteiger partial charge in [0.05, 0.1) is 4.90 Å². The number of nitrogens with one attached hydrogen (secondary N) is 2. The first-order valence-electron chi connectivity index (χ1n) is 6.50. The third kappa shape index (κ3) is 5.66. The molecule has 1 amide bonds. The quantitative estimate of drug-likeness (QED) is 0.683. The zero-order chi connectivity index (χ0) is 15.9. The number of hydrogen-bond donors (Lipinski definition) is 2. The van der Waals surface area contributed by atoms with Crippen molar-refractivity contribution in [2.24, 2.45) is 0 Å². The molecule has 0 fully saturated rings. The first-order chi connectivity index (χ1) is 9.86. The van der Waals surface area contributed by atoms with Crippen molar-refractivity contribution in [3.05, 3.63) is 42.5 Å². The van der Waals surface area contributed by atoms with Crippen LogP contribution < -0.4 is 10.0 Å². The number of carbonyl (C=O) groups excluding carboxylic acids is 1. The minimum Gasteiger partial charge on any atom is -0.351 e. The van der Waals surface area contributed by atoms with Gasteiger partial charge in [0.25, 0.3) is 5.91 Å². The summed E-state index contributed by atoms with van der Waals surface area (Å²) in [7, 11) is 0.285. The van der Waals surface area contributed by atoms with Crippen molar-refractivity contribution in [2.75, 3.05) is 33.7 Å². The minimum atomic E-state index is -3.55. The van der Waals surface area contributed by atoms with Gasteiger partial charge in [0.2, 0.25) is 10.0 Å². The van der Waals surface area contributed by atoms with E-state index in [0.29, 0.717) is 12.1 Å². The lowest BCUT2D eigenvalue weighted by Gasteiger charge is -2.10. The molecule has 0 radical (unpaired) electrons. The lowest BCUT2D eigenvalue weighted by Crippen LogP contribution is -2.31. The molecule has 0 saturated heterocycles. The van der Waals surface area contributed by atoms with E-state index in [1.165, 1.54) is 30.3 Å². The van der Waals surface area contributed by atoms with E-state index in [2.05, 4.69) is 16.6 Å². The van der Waals surface area contributed by atoms with Gasteiger partial charge < -0.3 is 10.2 Å². The second-order valence-electron chi connectivity index (χ2n) is 4.72. The molecule has 7 heteroatoms. The summed E-state index contributed by atoms with van der Waals surface area (Å²) in [6, 6.07) is 5.81. The van der Waals surface area contributed by atoms with Gasteiger partial charge >= 0.3 is 0 Å². The molecule has 0 aliphatic rings. The lowest BCUT2D eigenvalue weighted by atomic mass is 10.2. The third-order valence-electron chi connectivity index (χ3n) is 2.69. The first-order valence-corrected chi connectivity index (χ1v) is 7.98. The van der Waals surface area contributed by atoms with Gasteiger partial charge in [0.1, 0.15) is 0 Å². The normalized spacial score (nSPS) is 11.4. The van der Waals surface area contributed by atoms with Gasteiger partial charge in [-0.15, -0.1) is 6.58 Å². The molecular weight excluding hydrogens is 290 g/mol. The first kappa shape index (κ1) is 17.4. The van der Waals surface area contributed by atoms with E-state index in [9.17, 15) is 13.2 Å². The minimum absolute atomic E-state index is 0.120. The van der Waals surface area contributed by atoms with Crippen molar-refractivity contribution in [1.29, 1.82) is 0 Å². The fourth-order valence-electron chi connectivity index (χ4n) is 1.53. The summed E-state index contributed by atoms with van der Waals surface area (Å²) in [6.45, 7) is 4.89. The van der Waals surface area contributed by atoms with Crippen molar-refractivity contribution in [3.63, 3.8) is 0 Å². The second kappa shape index (κ2) is 7.92. The number of benzene rings is 1. The van der Waals surface area contributed by atoms with Gasteiger partial charge in [-0.05, 0) is 38.4 Å². The number of carbonyl (C=O) groups is 1. The van der Waals surface area contributed by atoms with Gasteiger partial charge in [0, 0.05) is 25.2 Å². The van der Waals surface area contributed by atoms with E-state index in [4.69, 9.17) is 0 Å². The monoisotopic (exact) mass is 311 g/mol. The van der Waals surface area contributed by atoms with Crippen molar-refractivity contribution in [1.82, 2.24) is 14.9 Å². The summed E-state index contributed by atoms with van der Waals surface area (Å²) in [4.78, 5) is 13.9. The number of hydrogen-bond acceptors (Lipinski definition) is 4. The highest BCUT2D eigenvalue weighted by atomic mass is 32.2. The highest BCUT2D eigenvalue weighted by molar-refractivity contribution is 7.89. The van der Waals surface area contributed by atoms with Crippen LogP contribution in [0.3, 0.4) is 0 Å². The van der Waals surface area contributed by atoms with E-state index >= 15 is 0 Å². The summed E-state index contributed by atoms with van der Waals surface area (Å²) in [6.07, 6.45) is 1.46. The molecule has 0 aromatic heterocycles. The van der Waals surface area contributed by atoms with Crippen LogP contribution in [-0.4, -0.2) is 53.0 Å². The molecule has 0 saturated carbocycles. The van der Waals surface area contributed by atoms with E-state index in [1.807, 2.05) is 19.0 Å². The maximum atomic E-state index is 11.9. The third-order valence-corrected chi connectivity index (χ3v) is 4.13. The van der Waals surface area contributed by atoms with Gasteiger partial charge in [0.15, 0.2) is 0 Å². The van der Waals surface area contributed by atoms with Gasteiger partial charge in [-0.3, -0.25) is 4.79 Å². The van der Waals surface area contributed by atoms with Crippen molar-refractivity contribution < 1.29 is 13.2 Å². The number of amides is 1. The van der Waals surface area contributed by atoms with Gasteiger partial charge in [-0.25, -0.2) is 13.1 Å². The Labute approximate surface area is 125 Å². The summed E-state index contributed by atoms with van der Waals surface area (Å²) >= 11 is 0. The fraction of sp³-hybridized carbons (Fsp3) is 0.357. The molecule has 0 bridgehead atoms. The Balaban J connectivity index is 2.69. The molecule has 0 spiro atoms. The molecule has 0 aliphatic carbocycles. The predicted octanol–water partition coefficient (Wildman–Crippen LogP) is 0.442. The lowest BCUT2D eigenvalue weighted by molar-refractivity contribution is 0.0951. The summed E-state index contributed by atoms with van der Waals surface area (Å²) in [5.74, 6) is -0.222. The molecule has 2 N–H and O–H groups in total. The maximum Gasteiger partial charge on any atom is 0.251 e. The van der Waals surface area contributed by atoms with Crippen LogP contribution in [0.4, 0.5) is 0 Å². The molecule has 21 heavy (non-hydrogen) atoms. The molecule has 1 rings (SSSR count). The SMILES string of the molecule is C=CCNS(=O)(=O)c1ccc(C(=O)NCCN(C)C)cc1. The van der Waals surface area contributed by atoms with Gasteiger partial charge in [-0.2, -0.15) is 0 Å². The molecule has 0 unspecified atom stereocenters. The predicted molar refractivity (Wildman–Crippen MR) is 82.7 cm³/mol. The molecule has 0 aliphatic heterocycles. The average molecular weight is 311 g/mol. The Bertz CT molecular complexity index is 580. The molecule has 0 heterocycles. The fourth-order valence-corrected chi connectivity index (χ4v) is 2.53. The molecule has 116 valence electrons. The Morgan fingerprint density at radius 1 is 1.29 bits per heavy atom. The number of rotatable bonds is 8. The smallest absolute Gasteiger partial charge is 0.251 e. The van der Waals surface area contributed by atoms with Crippen LogP contribution in [0.15, 0.2) is 41.8 Å². The number of likely N-dealkylation sites (N-methyl/N-ethyl adjacent to an activating group) is 1. The van der Waals surface area contributed by atoms with Crippen LogP contribution in [0.25, 0.3) is 0 Å². The highest BCUT2D eigenvalue weighted by Gasteiger charge is 2.13. The van der Waals surface area contributed by atoms with Crippen LogP contribution in [0, 0.1) is 0 Å². The zero-order valence-electron chi connectivity index (χ0n) is 12.3. The topological polar surface area (TPSA) is 78.5 Å². The van der Waals surface area contributed by atoms with E-state index in [1.54, 1.807) is 0 Å². The highest BCUT2D eigenvalue weighted by Crippen LogP contribution is 2.10. The maximum absolute atomic E-state index is 11.9. The van der Waals surface area contributed by atoms with Crippen molar-refractivity contribution >= 4 is 15.9 Å². The summed E-state index contributed by atoms with van der Waals surface area (Å²) in [5, 5.41) is 2.76. The molecule has 6 nitrogen and oxygen atoms in total. The summed E-state index contributed by atoms with van der Waals surface area (Å²) in [5.41, 5.74) is 0.427. The Kier molecular flexibility index (Phi) is 6.54. The Morgan fingerprint density at radius 2 is 1.90 bits per heavy atom. The summed E-state index contributed by atoms with van der Waals surface area (Å²) < 4.78 is 26.1. The van der Waals surface area contributed by atoms with Crippen molar-refractivity contribution in [3.8, 4) is 0 Å². The molecule has 1 aromatic carbocycles. The zero-order valence-corrected chi connectivity index (χ0v) is 13.1. The largest absolute Gasteiger partial charge is 0.351 e. The Morgan fingerprint density at radius 3 is 2.43 bits per heavy atom. The second-order valence-corrected chi connectivity index (χ2v) is 6.49.